The normalized spacial score (nSPS) is 18.7. The largest absolute Gasteiger partial charge is 0.492 e. The van der Waals surface area contributed by atoms with Crippen LogP contribution in [0.2, 0.25) is 5.02 Å². The Bertz CT molecular complexity index is 520. The maximum atomic E-state index is 5.88. The third kappa shape index (κ3) is 6.21. The molecule has 6 heteroatoms. The Hall–Kier alpha value is -1.46. The van der Waals surface area contributed by atoms with E-state index < -0.39 is 0 Å². The molecule has 5 nitrogen and oxygen atoms in total. The molecule has 0 aromatic heterocycles. The van der Waals surface area contributed by atoms with Crippen LogP contribution in [-0.2, 0) is 0 Å². The van der Waals surface area contributed by atoms with Crippen molar-refractivity contribution in [3.8, 4) is 5.75 Å². The second-order valence-corrected chi connectivity index (χ2v) is 6.77. The van der Waals surface area contributed by atoms with Crippen molar-refractivity contribution in [2.75, 3.05) is 53.4 Å². The molecule has 1 aliphatic heterocycles. The minimum Gasteiger partial charge on any atom is -0.492 e. The monoisotopic (exact) mass is 352 g/mol. The van der Waals surface area contributed by atoms with E-state index in [1.807, 2.05) is 31.3 Å². The summed E-state index contributed by atoms with van der Waals surface area (Å²) < 4.78 is 5.76. The molecule has 1 aliphatic rings. The molecule has 0 amide bonds. The van der Waals surface area contributed by atoms with Crippen molar-refractivity contribution in [1.82, 2.24) is 15.1 Å². The Kier molecular flexibility index (Phi) is 7.66. The molecule has 1 atom stereocenters. The summed E-state index contributed by atoms with van der Waals surface area (Å²) >= 11 is 5.88. The Morgan fingerprint density at radius 2 is 2.17 bits per heavy atom. The highest BCUT2D eigenvalue weighted by atomic mass is 35.5. The van der Waals surface area contributed by atoms with E-state index in [-0.39, 0.29) is 0 Å². The van der Waals surface area contributed by atoms with Crippen LogP contribution in [0.5, 0.6) is 5.75 Å². The maximum Gasteiger partial charge on any atom is 0.193 e. The lowest BCUT2D eigenvalue weighted by Gasteiger charge is -2.22. The summed E-state index contributed by atoms with van der Waals surface area (Å²) in [6.45, 7) is 7.55. The number of hydrogen-bond donors (Lipinski definition) is 1. The predicted octanol–water partition coefficient (Wildman–Crippen LogP) is 2.57. The second-order valence-electron chi connectivity index (χ2n) is 6.34. The van der Waals surface area contributed by atoms with E-state index in [0.717, 1.165) is 42.9 Å². The summed E-state index contributed by atoms with van der Waals surface area (Å²) in [4.78, 5) is 9.29. The minimum atomic E-state index is 0.606. The van der Waals surface area contributed by atoms with Gasteiger partial charge >= 0.3 is 0 Å². The quantitative estimate of drug-likeness (QED) is 0.605. The fourth-order valence-corrected chi connectivity index (χ4v) is 2.92. The van der Waals surface area contributed by atoms with Gasteiger partial charge in [-0.05, 0) is 57.1 Å². The summed E-state index contributed by atoms with van der Waals surface area (Å²) in [5.74, 6) is 2.46. The molecule has 1 aromatic carbocycles. The molecular formula is C18H29ClN4O. The van der Waals surface area contributed by atoms with E-state index in [4.69, 9.17) is 21.3 Å². The van der Waals surface area contributed by atoms with Crippen LogP contribution in [0.1, 0.15) is 13.3 Å². The number of ether oxygens (including phenoxy) is 1. The highest BCUT2D eigenvalue weighted by molar-refractivity contribution is 6.30. The first kappa shape index (κ1) is 18.9. The molecular weight excluding hydrogens is 324 g/mol. The zero-order valence-corrected chi connectivity index (χ0v) is 15.7. The zero-order valence-electron chi connectivity index (χ0n) is 15.0. The molecule has 1 fully saturated rings. The van der Waals surface area contributed by atoms with Crippen LogP contribution in [0.4, 0.5) is 0 Å². The number of nitrogens with zero attached hydrogens (tertiary/aromatic N) is 3. The third-order valence-corrected chi connectivity index (χ3v) is 4.45. The zero-order chi connectivity index (χ0) is 17.4. The SMILES string of the molecule is CCNC(=NCC1CCN(C)C1)N(C)CCOc1ccc(Cl)cc1. The standard InChI is InChI=1S/C18H29ClN4O/c1-4-20-18(21-13-15-9-10-22(2)14-15)23(3)11-12-24-17-7-5-16(19)6-8-17/h5-8,15H,4,9-14H2,1-3H3,(H,20,21). The topological polar surface area (TPSA) is 40.1 Å². The van der Waals surface area contributed by atoms with E-state index in [9.17, 15) is 0 Å². The number of rotatable bonds is 7. The van der Waals surface area contributed by atoms with Gasteiger partial charge in [-0.25, -0.2) is 0 Å². The first-order valence-corrected chi connectivity index (χ1v) is 9.02. The van der Waals surface area contributed by atoms with Crippen molar-refractivity contribution >= 4 is 17.6 Å². The third-order valence-electron chi connectivity index (χ3n) is 4.19. The molecule has 0 bridgehead atoms. The molecule has 1 saturated heterocycles. The number of likely N-dealkylation sites (tertiary alicyclic amines) is 1. The molecule has 0 spiro atoms. The van der Waals surface area contributed by atoms with Crippen LogP contribution in [0, 0.1) is 5.92 Å². The lowest BCUT2D eigenvalue weighted by Crippen LogP contribution is -2.41. The Balaban J connectivity index is 1.79. The van der Waals surface area contributed by atoms with Crippen LogP contribution < -0.4 is 10.1 Å². The predicted molar refractivity (Wildman–Crippen MR) is 101 cm³/mol. The molecule has 2 rings (SSSR count). The maximum absolute atomic E-state index is 5.88. The van der Waals surface area contributed by atoms with E-state index in [1.54, 1.807) is 0 Å². The van der Waals surface area contributed by atoms with Crippen molar-refractivity contribution < 1.29 is 4.74 Å². The number of hydrogen-bond acceptors (Lipinski definition) is 3. The van der Waals surface area contributed by atoms with Crippen molar-refractivity contribution in [1.29, 1.82) is 0 Å². The van der Waals surface area contributed by atoms with Crippen LogP contribution in [0.15, 0.2) is 29.3 Å². The fraction of sp³-hybridized carbons (Fsp3) is 0.611. The summed E-state index contributed by atoms with van der Waals surface area (Å²) in [7, 11) is 4.22. The molecule has 1 unspecified atom stereocenters. The van der Waals surface area contributed by atoms with Crippen molar-refractivity contribution in [2.45, 2.75) is 13.3 Å². The minimum absolute atomic E-state index is 0.606. The number of aliphatic imine (C=N–C) groups is 1. The first-order chi connectivity index (χ1) is 11.6. The van der Waals surface area contributed by atoms with Gasteiger partial charge in [0, 0.05) is 31.7 Å². The Labute approximate surface area is 150 Å². The van der Waals surface area contributed by atoms with Crippen LogP contribution in [-0.4, -0.2) is 69.2 Å². The van der Waals surface area contributed by atoms with E-state index in [0.29, 0.717) is 12.5 Å². The molecule has 24 heavy (non-hydrogen) atoms. The van der Waals surface area contributed by atoms with E-state index in [2.05, 4.69) is 29.1 Å². The van der Waals surface area contributed by atoms with Gasteiger partial charge in [-0.2, -0.15) is 0 Å². The highest BCUT2D eigenvalue weighted by Crippen LogP contribution is 2.16. The molecule has 0 aliphatic carbocycles. The van der Waals surface area contributed by atoms with Gasteiger partial charge in [-0.3, -0.25) is 4.99 Å². The smallest absolute Gasteiger partial charge is 0.193 e. The van der Waals surface area contributed by atoms with Crippen molar-refractivity contribution in [2.24, 2.45) is 10.9 Å². The number of benzene rings is 1. The molecule has 134 valence electrons. The number of likely N-dealkylation sites (N-methyl/N-ethyl adjacent to an activating group) is 1. The van der Waals surface area contributed by atoms with E-state index >= 15 is 0 Å². The van der Waals surface area contributed by atoms with Crippen LogP contribution >= 0.6 is 11.6 Å². The first-order valence-electron chi connectivity index (χ1n) is 8.65. The van der Waals surface area contributed by atoms with Gasteiger partial charge in [0.1, 0.15) is 12.4 Å². The summed E-state index contributed by atoms with van der Waals surface area (Å²) in [6, 6.07) is 7.45. The van der Waals surface area contributed by atoms with Crippen molar-refractivity contribution in [3.63, 3.8) is 0 Å². The Morgan fingerprint density at radius 3 is 2.79 bits per heavy atom. The summed E-state index contributed by atoms with van der Waals surface area (Å²) in [5, 5.41) is 4.08. The van der Waals surface area contributed by atoms with Gasteiger partial charge in [0.05, 0.1) is 6.54 Å². The molecule has 0 saturated carbocycles. The number of guanidine groups is 1. The van der Waals surface area contributed by atoms with Crippen LogP contribution in [0.3, 0.4) is 0 Å². The lowest BCUT2D eigenvalue weighted by molar-refractivity contribution is 0.281. The average molecular weight is 353 g/mol. The van der Waals surface area contributed by atoms with Crippen LogP contribution in [0.25, 0.3) is 0 Å². The van der Waals surface area contributed by atoms with Gasteiger partial charge in [-0.15, -0.1) is 0 Å². The van der Waals surface area contributed by atoms with Gasteiger partial charge in [-0.1, -0.05) is 11.6 Å². The summed E-state index contributed by atoms with van der Waals surface area (Å²) in [5.41, 5.74) is 0. The molecule has 1 heterocycles. The van der Waals surface area contributed by atoms with Gasteiger partial charge in [0.25, 0.3) is 0 Å². The molecule has 0 radical (unpaired) electrons. The highest BCUT2D eigenvalue weighted by Gasteiger charge is 2.19. The van der Waals surface area contributed by atoms with E-state index in [1.165, 1.54) is 13.0 Å². The lowest BCUT2D eigenvalue weighted by atomic mass is 10.1. The number of nitrogens with one attached hydrogen (secondary N) is 1. The van der Waals surface area contributed by atoms with Gasteiger partial charge in [0.2, 0.25) is 0 Å². The number of halogens is 1. The molecule has 1 aromatic rings. The average Bonchev–Trinajstić information content (AvgIpc) is 2.98. The molecule has 1 N–H and O–H groups in total. The second kappa shape index (κ2) is 9.74. The Morgan fingerprint density at radius 1 is 1.42 bits per heavy atom. The summed E-state index contributed by atoms with van der Waals surface area (Å²) in [6.07, 6.45) is 1.24. The van der Waals surface area contributed by atoms with Gasteiger partial charge in [0.15, 0.2) is 5.96 Å². The van der Waals surface area contributed by atoms with Crippen molar-refractivity contribution in [3.05, 3.63) is 29.3 Å². The van der Waals surface area contributed by atoms with Gasteiger partial charge < -0.3 is 19.9 Å². The fourth-order valence-electron chi connectivity index (χ4n) is 2.80.